The summed E-state index contributed by atoms with van der Waals surface area (Å²) in [6, 6.07) is 8.04. The van der Waals surface area contributed by atoms with Crippen molar-refractivity contribution >= 4 is 10.0 Å². The van der Waals surface area contributed by atoms with Gasteiger partial charge in [0.2, 0.25) is 10.0 Å². The highest BCUT2D eigenvalue weighted by atomic mass is 32.2. The van der Waals surface area contributed by atoms with Gasteiger partial charge in [-0.3, -0.25) is 0 Å². The third kappa shape index (κ3) is 4.28. The molecule has 1 aromatic rings. The fraction of sp³-hybridized carbons (Fsp3) is 0.625. The molecule has 0 heterocycles. The Morgan fingerprint density at radius 3 is 2.38 bits per heavy atom. The van der Waals surface area contributed by atoms with E-state index in [2.05, 4.69) is 10.0 Å². The largest absolute Gasteiger partial charge is 0.314 e. The van der Waals surface area contributed by atoms with E-state index >= 15 is 0 Å². The van der Waals surface area contributed by atoms with Crippen LogP contribution in [-0.2, 0) is 16.4 Å². The van der Waals surface area contributed by atoms with E-state index in [1.165, 1.54) is 18.4 Å². The Balaban J connectivity index is 1.56. The molecule has 0 amide bonds. The van der Waals surface area contributed by atoms with Crippen molar-refractivity contribution in [3.05, 3.63) is 29.8 Å². The summed E-state index contributed by atoms with van der Waals surface area (Å²) in [6.07, 6.45) is 5.81. The van der Waals surface area contributed by atoms with Crippen LogP contribution in [0.4, 0.5) is 0 Å². The number of hydrogen-bond acceptors (Lipinski definition) is 3. The molecule has 3 rings (SSSR count). The van der Waals surface area contributed by atoms with E-state index in [1.54, 1.807) is 12.1 Å². The molecule has 2 N–H and O–H groups in total. The lowest BCUT2D eigenvalue weighted by atomic mass is 10.1. The topological polar surface area (TPSA) is 58.2 Å². The zero-order valence-corrected chi connectivity index (χ0v) is 13.3. The summed E-state index contributed by atoms with van der Waals surface area (Å²) in [4.78, 5) is 0.369. The minimum atomic E-state index is -3.37. The predicted molar refractivity (Wildman–Crippen MR) is 83.7 cm³/mol. The lowest BCUT2D eigenvalue weighted by molar-refractivity contribution is 0.538. The summed E-state index contributed by atoms with van der Waals surface area (Å²) in [6.45, 7) is 2.92. The van der Waals surface area contributed by atoms with Gasteiger partial charge in [0.25, 0.3) is 0 Å². The van der Waals surface area contributed by atoms with Gasteiger partial charge in [-0.1, -0.05) is 12.1 Å². The molecule has 0 aliphatic heterocycles. The van der Waals surface area contributed by atoms with Crippen LogP contribution < -0.4 is 10.0 Å². The Morgan fingerprint density at radius 2 is 1.81 bits per heavy atom. The van der Waals surface area contributed by atoms with Crippen molar-refractivity contribution < 1.29 is 8.42 Å². The number of rotatable bonds is 8. The van der Waals surface area contributed by atoms with E-state index < -0.39 is 10.0 Å². The lowest BCUT2D eigenvalue weighted by Crippen LogP contribution is -2.34. The van der Waals surface area contributed by atoms with Gasteiger partial charge in [-0.2, -0.15) is 0 Å². The van der Waals surface area contributed by atoms with Gasteiger partial charge in [0.1, 0.15) is 0 Å². The first kappa shape index (κ1) is 15.0. The van der Waals surface area contributed by atoms with Crippen molar-refractivity contribution in [2.45, 2.75) is 56.0 Å². The Hall–Kier alpha value is -0.910. The van der Waals surface area contributed by atoms with Gasteiger partial charge in [0.05, 0.1) is 4.90 Å². The summed E-state index contributed by atoms with van der Waals surface area (Å²) in [5, 5.41) is 3.46. The summed E-state index contributed by atoms with van der Waals surface area (Å²) in [7, 11) is -3.37. The molecular weight excluding hydrogens is 284 g/mol. The molecule has 21 heavy (non-hydrogen) atoms. The first-order valence-corrected chi connectivity index (χ1v) is 9.37. The minimum Gasteiger partial charge on any atom is -0.314 e. The highest BCUT2D eigenvalue weighted by Gasteiger charge is 2.31. The third-order valence-corrected chi connectivity index (χ3v) is 5.90. The molecule has 2 aliphatic carbocycles. The van der Waals surface area contributed by atoms with Gasteiger partial charge in [0, 0.05) is 12.1 Å². The molecule has 5 heteroatoms. The van der Waals surface area contributed by atoms with Crippen LogP contribution in [0.5, 0.6) is 0 Å². The summed E-state index contributed by atoms with van der Waals surface area (Å²) < 4.78 is 27.3. The van der Waals surface area contributed by atoms with Gasteiger partial charge in [-0.05, 0) is 69.2 Å². The van der Waals surface area contributed by atoms with Crippen LogP contribution in [0.15, 0.2) is 29.2 Å². The molecule has 0 aromatic heterocycles. The fourth-order valence-electron chi connectivity index (χ4n) is 2.55. The smallest absolute Gasteiger partial charge is 0.240 e. The van der Waals surface area contributed by atoms with Gasteiger partial charge < -0.3 is 5.32 Å². The molecule has 1 aromatic carbocycles. The van der Waals surface area contributed by atoms with Crippen LogP contribution in [0.3, 0.4) is 0 Å². The van der Waals surface area contributed by atoms with Crippen LogP contribution in [0.2, 0.25) is 0 Å². The Bertz CT molecular complexity index is 575. The summed E-state index contributed by atoms with van der Waals surface area (Å²) in [5.41, 5.74) is 1.18. The lowest BCUT2D eigenvalue weighted by Gasteiger charge is -2.13. The standard InChI is InChI=1S/C16H24N2O2S/c1-12(14-4-5-14)18-21(19,20)16-8-2-13(3-9-16)10-11-17-15-6-7-15/h2-3,8-9,12,14-15,17-18H,4-7,10-11H2,1H3. The highest BCUT2D eigenvalue weighted by molar-refractivity contribution is 7.89. The highest BCUT2D eigenvalue weighted by Crippen LogP contribution is 2.33. The number of sulfonamides is 1. The molecule has 4 nitrogen and oxygen atoms in total. The zero-order chi connectivity index (χ0) is 14.9. The number of benzene rings is 1. The van der Waals surface area contributed by atoms with Gasteiger partial charge in [-0.25, -0.2) is 13.1 Å². The third-order valence-electron chi connectivity index (χ3n) is 4.33. The molecule has 0 bridgehead atoms. The average Bonchev–Trinajstić information content (AvgIpc) is 3.32. The molecule has 116 valence electrons. The van der Waals surface area contributed by atoms with Gasteiger partial charge >= 0.3 is 0 Å². The van der Waals surface area contributed by atoms with Crippen molar-refractivity contribution in [3.8, 4) is 0 Å². The predicted octanol–water partition coefficient (Wildman–Crippen LogP) is 2.06. The molecule has 2 fully saturated rings. The fourth-order valence-corrected chi connectivity index (χ4v) is 3.86. The van der Waals surface area contributed by atoms with E-state index in [0.29, 0.717) is 10.8 Å². The van der Waals surface area contributed by atoms with Crippen LogP contribution in [-0.4, -0.2) is 27.0 Å². The maximum absolute atomic E-state index is 12.3. The second kappa shape index (κ2) is 6.07. The Morgan fingerprint density at radius 1 is 1.14 bits per heavy atom. The molecule has 0 spiro atoms. The normalized spacial score (nSPS) is 20.4. The van der Waals surface area contributed by atoms with Gasteiger partial charge in [0.15, 0.2) is 0 Å². The minimum absolute atomic E-state index is 0.0393. The van der Waals surface area contributed by atoms with Crippen molar-refractivity contribution in [1.29, 1.82) is 0 Å². The van der Waals surface area contributed by atoms with Crippen LogP contribution >= 0.6 is 0 Å². The van der Waals surface area contributed by atoms with Crippen molar-refractivity contribution in [2.24, 2.45) is 5.92 Å². The monoisotopic (exact) mass is 308 g/mol. The first-order valence-electron chi connectivity index (χ1n) is 7.89. The second-order valence-electron chi connectivity index (χ2n) is 6.37. The van der Waals surface area contributed by atoms with E-state index in [-0.39, 0.29) is 6.04 Å². The molecule has 2 aliphatic rings. The molecule has 2 saturated carbocycles. The molecule has 1 atom stereocenters. The molecule has 1 unspecified atom stereocenters. The Kier molecular flexibility index (Phi) is 4.33. The quantitative estimate of drug-likeness (QED) is 0.773. The maximum Gasteiger partial charge on any atom is 0.240 e. The Labute approximate surface area is 127 Å². The number of hydrogen-bond donors (Lipinski definition) is 2. The van der Waals surface area contributed by atoms with Crippen molar-refractivity contribution in [3.63, 3.8) is 0 Å². The van der Waals surface area contributed by atoms with Crippen molar-refractivity contribution in [1.82, 2.24) is 10.0 Å². The SMILES string of the molecule is CC(NS(=O)(=O)c1ccc(CCNC2CC2)cc1)C1CC1. The zero-order valence-electron chi connectivity index (χ0n) is 12.5. The average molecular weight is 308 g/mol. The van der Waals surface area contributed by atoms with Crippen LogP contribution in [0, 0.1) is 5.92 Å². The van der Waals surface area contributed by atoms with E-state index in [1.807, 2.05) is 19.1 Å². The van der Waals surface area contributed by atoms with Gasteiger partial charge in [-0.15, -0.1) is 0 Å². The van der Waals surface area contributed by atoms with Crippen LogP contribution in [0.1, 0.15) is 38.2 Å². The van der Waals surface area contributed by atoms with Crippen molar-refractivity contribution in [2.75, 3.05) is 6.54 Å². The summed E-state index contributed by atoms with van der Waals surface area (Å²) in [5.74, 6) is 0.521. The molecule has 0 saturated heterocycles. The molecular formula is C16H24N2O2S. The summed E-state index contributed by atoms with van der Waals surface area (Å²) >= 11 is 0. The second-order valence-corrected chi connectivity index (χ2v) is 8.08. The maximum atomic E-state index is 12.3. The number of nitrogens with one attached hydrogen (secondary N) is 2. The van der Waals surface area contributed by atoms with E-state index in [4.69, 9.17) is 0 Å². The van der Waals surface area contributed by atoms with E-state index in [9.17, 15) is 8.42 Å². The molecule has 0 radical (unpaired) electrons. The van der Waals surface area contributed by atoms with Crippen LogP contribution in [0.25, 0.3) is 0 Å². The first-order chi connectivity index (χ1) is 10.0. The van der Waals surface area contributed by atoms with E-state index in [0.717, 1.165) is 31.8 Å².